The van der Waals surface area contributed by atoms with E-state index in [-0.39, 0.29) is 68.3 Å². The topological polar surface area (TPSA) is 126 Å². The van der Waals surface area contributed by atoms with Crippen molar-refractivity contribution in [3.8, 4) is 5.75 Å². The van der Waals surface area contributed by atoms with Crippen molar-refractivity contribution in [1.29, 1.82) is 0 Å². The molecule has 3 saturated heterocycles. The molecule has 3 aliphatic rings. The van der Waals surface area contributed by atoms with E-state index < -0.39 is 12.2 Å². The zero-order valence-electron chi connectivity index (χ0n) is 33.4. The normalized spacial score (nSPS) is 19.0. The Hall–Kier alpha value is -6.31. The third-order valence-electron chi connectivity index (χ3n) is 11.7. The highest BCUT2D eigenvalue weighted by molar-refractivity contribution is 6.09. The molecule has 0 spiro atoms. The summed E-state index contributed by atoms with van der Waals surface area (Å²) >= 11 is 0. The fourth-order valence-electron chi connectivity index (χ4n) is 8.84. The molecule has 59 heavy (non-hydrogen) atoms. The Labute approximate surface area is 344 Å². The van der Waals surface area contributed by atoms with Crippen LogP contribution in [0.5, 0.6) is 5.75 Å². The summed E-state index contributed by atoms with van der Waals surface area (Å²) in [6.45, 7) is 7.78. The molecule has 0 unspecified atom stereocenters. The Morgan fingerprint density at radius 1 is 0.898 bits per heavy atom. The second-order valence-electron chi connectivity index (χ2n) is 15.6. The van der Waals surface area contributed by atoms with Crippen LogP contribution in [0.3, 0.4) is 0 Å². The molecule has 13 heteroatoms. The van der Waals surface area contributed by atoms with Crippen LogP contribution in [0.15, 0.2) is 116 Å². The van der Waals surface area contributed by atoms with Gasteiger partial charge in [-0.05, 0) is 47.4 Å². The van der Waals surface area contributed by atoms with Gasteiger partial charge in [-0.2, -0.15) is 0 Å². The van der Waals surface area contributed by atoms with Crippen molar-refractivity contribution in [2.45, 2.75) is 38.0 Å². The van der Waals surface area contributed by atoms with Gasteiger partial charge in [-0.1, -0.05) is 72.8 Å². The van der Waals surface area contributed by atoms with Gasteiger partial charge in [0.2, 0.25) is 17.7 Å². The van der Waals surface area contributed by atoms with E-state index in [9.17, 15) is 24.3 Å². The van der Waals surface area contributed by atoms with Crippen LogP contribution in [0.4, 0.5) is 5.82 Å². The van der Waals surface area contributed by atoms with Crippen molar-refractivity contribution < 1.29 is 24.3 Å². The molecule has 5 heterocycles. The lowest BCUT2D eigenvalue weighted by Gasteiger charge is -2.55. The number of amides is 3. The molecule has 0 radical (unpaired) electrons. The zero-order valence-corrected chi connectivity index (χ0v) is 33.4. The van der Waals surface area contributed by atoms with E-state index in [4.69, 9.17) is 0 Å². The smallest absolute Gasteiger partial charge is 0.246 e. The number of phenols is 1. The molecule has 0 aliphatic carbocycles. The predicted octanol–water partition coefficient (Wildman–Crippen LogP) is 4.27. The summed E-state index contributed by atoms with van der Waals surface area (Å²) in [5, 5.41) is 14.2. The zero-order chi connectivity index (χ0) is 41.0. The van der Waals surface area contributed by atoms with Crippen LogP contribution >= 0.6 is 0 Å². The molecule has 2 atom stereocenters. The van der Waals surface area contributed by atoms with Gasteiger partial charge in [0.1, 0.15) is 23.8 Å². The molecule has 3 amide bonds. The summed E-state index contributed by atoms with van der Waals surface area (Å²) in [7, 11) is 1.92. The number of para-hydroxylation sites is 1. The maximum Gasteiger partial charge on any atom is 0.246 e. The number of Topliss-reactive ketones (excluding diaryl/α,β-unsaturated/α-hetero) is 1. The predicted molar refractivity (Wildman–Crippen MR) is 225 cm³/mol. The number of phenolic OH excluding ortho intramolecular Hbond substituents is 1. The summed E-state index contributed by atoms with van der Waals surface area (Å²) in [5.74, 6) is 0.449. The third-order valence-corrected chi connectivity index (χ3v) is 11.7. The number of ketones is 1. The SMILES string of the molecule is C=CCN1CC(=O)N2[C@@H](Cc3ccc(O)cc3)C(=O)N(Cc3cccc4c(C(=O)CN5CCN(c6ccccn6)CC5)cn(C)c34)C[C@@H]2N1C(=O)CCc1ccccc1. The number of pyridine rings is 1. The highest BCUT2D eigenvalue weighted by atomic mass is 16.3. The minimum Gasteiger partial charge on any atom is -0.508 e. The number of aromatic hydroxyl groups is 1. The summed E-state index contributed by atoms with van der Waals surface area (Å²) in [4.78, 5) is 69.4. The first-order valence-corrected chi connectivity index (χ1v) is 20.3. The van der Waals surface area contributed by atoms with Crippen LogP contribution in [0, 0.1) is 0 Å². The van der Waals surface area contributed by atoms with Gasteiger partial charge in [0.05, 0.1) is 25.2 Å². The van der Waals surface area contributed by atoms with E-state index in [1.807, 2.05) is 84.5 Å². The molecule has 1 N–H and O–H groups in total. The average Bonchev–Trinajstić information content (AvgIpc) is 3.60. The Bertz CT molecular complexity index is 2320. The van der Waals surface area contributed by atoms with Gasteiger partial charge in [0.25, 0.3) is 0 Å². The molecule has 5 aromatic rings. The van der Waals surface area contributed by atoms with Gasteiger partial charge < -0.3 is 24.4 Å². The van der Waals surface area contributed by atoms with Gasteiger partial charge in [0.15, 0.2) is 5.78 Å². The van der Waals surface area contributed by atoms with E-state index in [2.05, 4.69) is 21.4 Å². The van der Waals surface area contributed by atoms with E-state index in [0.717, 1.165) is 59.6 Å². The Balaban J connectivity index is 1.07. The number of aromatic nitrogens is 2. The number of carbonyl (C=O) groups is 4. The number of rotatable bonds is 13. The number of benzene rings is 3. The lowest BCUT2D eigenvalue weighted by molar-refractivity contribution is -0.205. The van der Waals surface area contributed by atoms with Crippen LogP contribution in [0.1, 0.15) is 33.5 Å². The highest BCUT2D eigenvalue weighted by Gasteiger charge is 2.51. The van der Waals surface area contributed by atoms with Gasteiger partial charge >= 0.3 is 0 Å². The van der Waals surface area contributed by atoms with Crippen LogP contribution in [0.2, 0.25) is 0 Å². The molecule has 8 rings (SSSR count). The first-order chi connectivity index (χ1) is 28.7. The average molecular weight is 795 g/mol. The van der Waals surface area contributed by atoms with E-state index >= 15 is 0 Å². The van der Waals surface area contributed by atoms with Crippen LogP contribution in [-0.4, -0.2) is 127 Å². The molecule has 3 aliphatic heterocycles. The van der Waals surface area contributed by atoms with E-state index in [0.29, 0.717) is 18.5 Å². The van der Waals surface area contributed by atoms with E-state index in [1.165, 1.54) is 0 Å². The summed E-state index contributed by atoms with van der Waals surface area (Å²) in [6.07, 6.45) is 5.54. The Kier molecular flexibility index (Phi) is 11.6. The minimum atomic E-state index is -0.899. The maximum atomic E-state index is 14.7. The second-order valence-corrected chi connectivity index (χ2v) is 15.6. The molecule has 0 bridgehead atoms. The fourth-order valence-corrected chi connectivity index (χ4v) is 8.84. The van der Waals surface area contributed by atoms with Gasteiger partial charge in [-0.3, -0.25) is 24.1 Å². The Morgan fingerprint density at radius 3 is 2.39 bits per heavy atom. The van der Waals surface area contributed by atoms with Crippen molar-refractivity contribution in [1.82, 2.24) is 34.3 Å². The highest BCUT2D eigenvalue weighted by Crippen LogP contribution is 2.32. The van der Waals surface area contributed by atoms with Crippen LogP contribution in [-0.2, 0) is 40.8 Å². The molecule has 304 valence electrons. The van der Waals surface area contributed by atoms with Gasteiger partial charge in [-0.25, -0.2) is 15.0 Å². The molecule has 0 saturated carbocycles. The van der Waals surface area contributed by atoms with Crippen molar-refractivity contribution in [3.05, 3.63) is 138 Å². The number of aryl methyl sites for hydroxylation is 2. The monoisotopic (exact) mass is 794 g/mol. The number of hydrogen-bond acceptors (Lipinski definition) is 9. The largest absolute Gasteiger partial charge is 0.508 e. The fraction of sp³-hybridized carbons (Fsp3) is 0.326. The summed E-state index contributed by atoms with van der Waals surface area (Å²) in [6, 6.07) is 27.3. The van der Waals surface area contributed by atoms with Crippen molar-refractivity contribution >= 4 is 40.2 Å². The maximum absolute atomic E-state index is 14.7. The first-order valence-electron chi connectivity index (χ1n) is 20.3. The first kappa shape index (κ1) is 39.5. The number of hydrogen-bond donors (Lipinski definition) is 1. The number of fused-ring (bicyclic) bond motifs is 2. The minimum absolute atomic E-state index is 0.0328. The lowest BCUT2D eigenvalue weighted by atomic mass is 9.97. The summed E-state index contributed by atoms with van der Waals surface area (Å²) < 4.78 is 1.96. The molecule has 13 nitrogen and oxygen atoms in total. The second kappa shape index (κ2) is 17.3. The van der Waals surface area contributed by atoms with Crippen molar-refractivity contribution in [2.24, 2.45) is 7.05 Å². The number of anilines is 1. The van der Waals surface area contributed by atoms with Crippen LogP contribution < -0.4 is 4.90 Å². The molecular weight excluding hydrogens is 745 g/mol. The molecule has 2 aromatic heterocycles. The van der Waals surface area contributed by atoms with Gasteiger partial charge in [-0.15, -0.1) is 6.58 Å². The lowest BCUT2D eigenvalue weighted by Crippen LogP contribution is -2.75. The summed E-state index contributed by atoms with van der Waals surface area (Å²) in [5.41, 5.74) is 4.14. The molecular formula is C46H50N8O5. The number of hydrazine groups is 1. The molecule has 3 aromatic carbocycles. The number of piperazine rings is 2. The van der Waals surface area contributed by atoms with Crippen molar-refractivity contribution in [3.63, 3.8) is 0 Å². The van der Waals surface area contributed by atoms with E-state index in [1.54, 1.807) is 56.4 Å². The third kappa shape index (κ3) is 8.34. The van der Waals surface area contributed by atoms with Gasteiger partial charge in [0, 0.05) is 82.5 Å². The standard InChI is InChI=1S/C46H50N8O5/c1-3-22-52-32-44(58)53-39(27-34-15-18-36(55)19-16-34)46(59)51(31-42(53)54(52)43(57)20-17-33-10-5-4-6-11-33)28-35-12-9-13-37-38(29-48(2)45(35)37)40(56)30-49-23-25-50(26-24-49)41-14-7-8-21-47-41/h3-16,18-19,21,29,39,42,55H,1,17,20,22-28,30-32H2,2H3/t39-,42-/m0/s1. The molecule has 3 fully saturated rings. The number of carbonyl (C=O) groups excluding carboxylic acids is 4. The van der Waals surface area contributed by atoms with Crippen molar-refractivity contribution in [2.75, 3.05) is 57.3 Å². The number of nitrogens with zero attached hydrogens (tertiary/aromatic N) is 8. The Morgan fingerprint density at radius 2 is 1.66 bits per heavy atom. The van der Waals surface area contributed by atoms with Crippen LogP contribution in [0.25, 0.3) is 10.9 Å². The quantitative estimate of drug-likeness (QED) is 0.138.